The van der Waals surface area contributed by atoms with Gasteiger partial charge in [-0.15, -0.1) is 0 Å². The Kier molecular flexibility index (Phi) is 6.39. The van der Waals surface area contributed by atoms with Crippen LogP contribution in [0.5, 0.6) is 17.2 Å². The largest absolute Gasteiger partial charge is 0.507 e. The van der Waals surface area contributed by atoms with Crippen molar-refractivity contribution in [1.82, 2.24) is 0 Å². The molecule has 1 fully saturated rings. The number of hydrogen-bond donors (Lipinski definition) is 1. The number of aliphatic hydroxyl groups excluding tert-OH is 1. The van der Waals surface area contributed by atoms with Gasteiger partial charge in [-0.25, -0.2) is 0 Å². The lowest BCUT2D eigenvalue weighted by Crippen LogP contribution is -2.29. The molecule has 1 amide bonds. The summed E-state index contributed by atoms with van der Waals surface area (Å²) in [6.07, 6.45) is 0. The summed E-state index contributed by atoms with van der Waals surface area (Å²) in [6, 6.07) is 14.2. The predicted octanol–water partition coefficient (Wildman–Crippen LogP) is 5.42. The molecule has 3 aromatic carbocycles. The minimum Gasteiger partial charge on any atom is -0.507 e. The molecular formula is C27H22Cl2N2O6. The monoisotopic (exact) mass is 540 g/mol. The number of fused-ring (bicyclic) bond motifs is 1. The molecule has 0 bridgehead atoms. The number of carbonyl (C=O) groups excluding carboxylic acids is 2. The van der Waals surface area contributed by atoms with Crippen LogP contribution in [0, 0.1) is 0 Å². The molecule has 2 aliphatic heterocycles. The number of ether oxygens (including phenoxy) is 3. The lowest BCUT2D eigenvalue weighted by molar-refractivity contribution is -0.132. The van der Waals surface area contributed by atoms with E-state index >= 15 is 0 Å². The molecule has 0 aromatic heterocycles. The predicted molar refractivity (Wildman–Crippen MR) is 141 cm³/mol. The van der Waals surface area contributed by atoms with Crippen molar-refractivity contribution in [2.75, 3.05) is 37.8 Å². The highest BCUT2D eigenvalue weighted by Gasteiger charge is 2.47. The van der Waals surface area contributed by atoms with Crippen LogP contribution in [-0.2, 0) is 9.59 Å². The average Bonchev–Trinajstić information content (AvgIpc) is 3.45. The van der Waals surface area contributed by atoms with Crippen LogP contribution in [0.4, 0.5) is 11.4 Å². The molecule has 1 atom stereocenters. The third-order valence-electron chi connectivity index (χ3n) is 6.27. The van der Waals surface area contributed by atoms with Crippen molar-refractivity contribution in [3.05, 3.63) is 81.3 Å². The summed E-state index contributed by atoms with van der Waals surface area (Å²) in [6.45, 7) is 0.0579. The van der Waals surface area contributed by atoms with E-state index in [1.807, 2.05) is 31.1 Å². The Morgan fingerprint density at radius 1 is 1.03 bits per heavy atom. The number of aliphatic hydroxyl groups is 1. The second-order valence-corrected chi connectivity index (χ2v) is 9.50. The van der Waals surface area contributed by atoms with Gasteiger partial charge in [0.15, 0.2) is 11.5 Å². The van der Waals surface area contributed by atoms with Gasteiger partial charge >= 0.3 is 0 Å². The Morgan fingerprint density at radius 3 is 2.41 bits per heavy atom. The van der Waals surface area contributed by atoms with Crippen molar-refractivity contribution in [3.8, 4) is 17.2 Å². The zero-order valence-corrected chi connectivity index (χ0v) is 21.6. The van der Waals surface area contributed by atoms with Gasteiger partial charge in [0.1, 0.15) is 11.5 Å². The van der Waals surface area contributed by atoms with E-state index in [2.05, 4.69) is 0 Å². The van der Waals surface area contributed by atoms with Gasteiger partial charge in [0.25, 0.3) is 11.7 Å². The van der Waals surface area contributed by atoms with Crippen molar-refractivity contribution in [2.24, 2.45) is 0 Å². The summed E-state index contributed by atoms with van der Waals surface area (Å²) in [5, 5.41) is 11.9. The molecule has 8 nitrogen and oxygen atoms in total. The maximum absolute atomic E-state index is 13.5. The number of carbonyl (C=O) groups is 2. The topological polar surface area (TPSA) is 88.5 Å². The van der Waals surface area contributed by atoms with Gasteiger partial charge in [0.2, 0.25) is 6.79 Å². The molecule has 37 heavy (non-hydrogen) atoms. The SMILES string of the molecule is COc1c(Cl)cc(Cl)cc1/C(O)=C1\C(=O)C(=O)N(c2ccc3c(c2)OCO3)C1c1ccc(N(C)C)cc1. The number of benzene rings is 3. The second-order valence-electron chi connectivity index (χ2n) is 8.66. The Morgan fingerprint density at radius 2 is 1.73 bits per heavy atom. The van der Waals surface area contributed by atoms with Gasteiger partial charge in [-0.3, -0.25) is 14.5 Å². The van der Waals surface area contributed by atoms with Crippen molar-refractivity contribution >= 4 is 52.0 Å². The standard InChI is InChI=1S/C27H22Cl2N2O6/c1-30(2)16-6-4-14(5-7-16)23-22(24(32)18-10-15(28)11-19(29)26(18)35-3)25(33)27(34)31(23)17-8-9-20-21(12-17)37-13-36-20/h4-12,23,32H,13H2,1-3H3/b24-22+. The highest BCUT2D eigenvalue weighted by Crippen LogP contribution is 2.46. The van der Waals surface area contributed by atoms with Crippen LogP contribution >= 0.6 is 23.2 Å². The van der Waals surface area contributed by atoms with E-state index in [0.29, 0.717) is 22.7 Å². The first-order valence-corrected chi connectivity index (χ1v) is 12.0. The molecule has 3 aromatic rings. The van der Waals surface area contributed by atoms with E-state index in [1.165, 1.54) is 24.1 Å². The highest BCUT2D eigenvalue weighted by molar-refractivity contribution is 6.52. The van der Waals surface area contributed by atoms with Crippen LogP contribution in [0.25, 0.3) is 5.76 Å². The minimum atomic E-state index is -0.959. The minimum absolute atomic E-state index is 0.0579. The first-order chi connectivity index (χ1) is 17.7. The number of amides is 1. The van der Waals surface area contributed by atoms with Crippen LogP contribution in [-0.4, -0.2) is 44.8 Å². The van der Waals surface area contributed by atoms with Gasteiger partial charge in [0.05, 0.1) is 29.3 Å². The van der Waals surface area contributed by atoms with Crippen LogP contribution < -0.4 is 24.0 Å². The molecule has 5 rings (SSSR count). The molecule has 190 valence electrons. The zero-order chi connectivity index (χ0) is 26.4. The number of nitrogens with zero attached hydrogens (tertiary/aromatic N) is 2. The summed E-state index contributed by atoms with van der Waals surface area (Å²) in [4.78, 5) is 30.2. The van der Waals surface area contributed by atoms with E-state index in [9.17, 15) is 14.7 Å². The smallest absolute Gasteiger partial charge is 0.300 e. The normalized spacial score (nSPS) is 17.9. The average molecular weight is 541 g/mol. The van der Waals surface area contributed by atoms with E-state index in [-0.39, 0.29) is 33.7 Å². The molecule has 0 aliphatic carbocycles. The molecule has 1 unspecified atom stereocenters. The van der Waals surface area contributed by atoms with Crippen molar-refractivity contribution in [1.29, 1.82) is 0 Å². The first kappa shape index (κ1) is 24.8. The van der Waals surface area contributed by atoms with Crippen LogP contribution in [0.3, 0.4) is 0 Å². The molecule has 0 saturated carbocycles. The Balaban J connectivity index is 1.74. The number of rotatable bonds is 5. The maximum Gasteiger partial charge on any atom is 0.300 e. The molecule has 2 heterocycles. The van der Waals surface area contributed by atoms with Gasteiger partial charge in [0, 0.05) is 36.6 Å². The molecule has 1 N–H and O–H groups in total. The maximum atomic E-state index is 13.5. The van der Waals surface area contributed by atoms with E-state index in [1.54, 1.807) is 30.3 Å². The summed E-state index contributed by atoms with van der Waals surface area (Å²) in [5.41, 5.74) is 1.90. The fraction of sp³-hybridized carbons (Fsp3) is 0.185. The Bertz CT molecular complexity index is 1450. The first-order valence-electron chi connectivity index (χ1n) is 11.2. The zero-order valence-electron chi connectivity index (χ0n) is 20.1. The lowest BCUT2D eigenvalue weighted by Gasteiger charge is -2.26. The van der Waals surface area contributed by atoms with Crippen LogP contribution in [0.2, 0.25) is 10.0 Å². The molecule has 10 heteroatoms. The van der Waals surface area contributed by atoms with Gasteiger partial charge in [-0.2, -0.15) is 0 Å². The number of Topliss-reactive ketones (excluding diaryl/α,β-unsaturated/α-hetero) is 1. The fourth-order valence-corrected chi connectivity index (χ4v) is 5.06. The quantitative estimate of drug-likeness (QED) is 0.262. The van der Waals surface area contributed by atoms with Crippen LogP contribution in [0.15, 0.2) is 60.2 Å². The number of anilines is 2. The highest BCUT2D eigenvalue weighted by atomic mass is 35.5. The number of halogens is 2. The second kappa shape index (κ2) is 9.53. The summed E-state index contributed by atoms with van der Waals surface area (Å²) < 4.78 is 16.3. The van der Waals surface area contributed by atoms with Gasteiger partial charge in [-0.1, -0.05) is 35.3 Å². The Hall–Kier alpha value is -3.88. The van der Waals surface area contributed by atoms with E-state index in [4.69, 9.17) is 37.4 Å². The van der Waals surface area contributed by atoms with Gasteiger partial charge in [-0.05, 0) is 42.0 Å². The van der Waals surface area contributed by atoms with Crippen LogP contribution in [0.1, 0.15) is 17.2 Å². The van der Waals surface area contributed by atoms with Crippen molar-refractivity contribution in [3.63, 3.8) is 0 Å². The molecule has 0 spiro atoms. The number of methoxy groups -OCH3 is 1. The van der Waals surface area contributed by atoms with E-state index in [0.717, 1.165) is 5.69 Å². The third-order valence-corrected chi connectivity index (χ3v) is 6.77. The molecule has 1 saturated heterocycles. The molecule has 2 aliphatic rings. The van der Waals surface area contributed by atoms with Gasteiger partial charge < -0.3 is 24.2 Å². The molecule has 0 radical (unpaired) electrons. The summed E-state index contributed by atoms with van der Waals surface area (Å²) >= 11 is 12.5. The fourth-order valence-electron chi connectivity index (χ4n) is 4.49. The summed E-state index contributed by atoms with van der Waals surface area (Å²) in [7, 11) is 5.19. The lowest BCUT2D eigenvalue weighted by atomic mass is 9.94. The number of hydrogen-bond acceptors (Lipinski definition) is 7. The van der Waals surface area contributed by atoms with Crippen molar-refractivity contribution < 1.29 is 28.9 Å². The number of ketones is 1. The Labute approximate surface area is 223 Å². The molecular weight excluding hydrogens is 519 g/mol. The van der Waals surface area contributed by atoms with Crippen molar-refractivity contribution in [2.45, 2.75) is 6.04 Å². The summed E-state index contributed by atoms with van der Waals surface area (Å²) in [5.74, 6) is -1.02. The van der Waals surface area contributed by atoms with E-state index < -0.39 is 23.5 Å². The third kappa shape index (κ3) is 4.22.